The zero-order chi connectivity index (χ0) is 24.5. The van der Waals surface area contributed by atoms with Crippen LogP contribution in [0.4, 0.5) is 10.5 Å². The molecule has 6 heteroatoms. The molecule has 180 valence electrons. The molecule has 2 aliphatic rings. The predicted octanol–water partition coefficient (Wildman–Crippen LogP) is 5.29. The number of carbonyl (C=O) groups excluding carboxylic acids is 2. The molecule has 0 bridgehead atoms. The summed E-state index contributed by atoms with van der Waals surface area (Å²) in [5.41, 5.74) is 4.90. The minimum absolute atomic E-state index is 0.0314. The van der Waals surface area contributed by atoms with Gasteiger partial charge in [-0.25, -0.2) is 4.79 Å². The van der Waals surface area contributed by atoms with Crippen LogP contribution in [0.1, 0.15) is 35.7 Å². The zero-order valence-electron chi connectivity index (χ0n) is 20.0. The van der Waals surface area contributed by atoms with Crippen molar-refractivity contribution >= 4 is 17.6 Å². The molecular formula is C30H28N4O2. The molecule has 0 saturated heterocycles. The number of urea groups is 1. The van der Waals surface area contributed by atoms with Gasteiger partial charge in [0.2, 0.25) is 5.91 Å². The molecule has 0 spiro atoms. The molecule has 3 aromatic carbocycles. The summed E-state index contributed by atoms with van der Waals surface area (Å²) >= 11 is 0. The number of hydrogen-bond donors (Lipinski definition) is 1. The maximum Gasteiger partial charge on any atom is 0.318 e. The summed E-state index contributed by atoms with van der Waals surface area (Å²) in [6.07, 6.45) is 3.89. The topological polar surface area (TPSA) is 57.6 Å². The fourth-order valence-electron chi connectivity index (χ4n) is 5.06. The number of nitrogens with zero attached hydrogens (tertiary/aromatic N) is 3. The van der Waals surface area contributed by atoms with E-state index in [0.29, 0.717) is 6.54 Å². The van der Waals surface area contributed by atoms with Gasteiger partial charge in [-0.1, -0.05) is 72.8 Å². The van der Waals surface area contributed by atoms with Gasteiger partial charge in [-0.2, -0.15) is 0 Å². The first-order valence-corrected chi connectivity index (χ1v) is 12.4. The van der Waals surface area contributed by atoms with E-state index in [1.54, 1.807) is 4.90 Å². The molecule has 3 amide bonds. The van der Waals surface area contributed by atoms with Crippen LogP contribution in [0.5, 0.6) is 0 Å². The van der Waals surface area contributed by atoms with E-state index >= 15 is 0 Å². The third-order valence-corrected chi connectivity index (χ3v) is 6.94. The molecule has 6 nitrogen and oxygen atoms in total. The number of para-hydroxylation sites is 2. The lowest BCUT2D eigenvalue weighted by Gasteiger charge is -2.39. The Morgan fingerprint density at radius 2 is 1.47 bits per heavy atom. The van der Waals surface area contributed by atoms with E-state index in [2.05, 4.69) is 28.1 Å². The van der Waals surface area contributed by atoms with Gasteiger partial charge in [0.1, 0.15) is 12.6 Å². The Kier molecular flexibility index (Phi) is 5.77. The van der Waals surface area contributed by atoms with Crippen molar-refractivity contribution in [2.45, 2.75) is 31.5 Å². The van der Waals surface area contributed by atoms with E-state index in [-0.39, 0.29) is 30.6 Å². The van der Waals surface area contributed by atoms with E-state index in [4.69, 9.17) is 0 Å². The Morgan fingerprint density at radius 1 is 0.806 bits per heavy atom. The Bertz CT molecular complexity index is 1380. The summed E-state index contributed by atoms with van der Waals surface area (Å²) in [5.74, 6) is -0.0921. The van der Waals surface area contributed by atoms with Crippen molar-refractivity contribution < 1.29 is 9.59 Å². The van der Waals surface area contributed by atoms with E-state index in [0.717, 1.165) is 41.0 Å². The molecule has 1 fully saturated rings. The van der Waals surface area contributed by atoms with Gasteiger partial charge in [-0.15, -0.1) is 0 Å². The molecule has 2 heterocycles. The van der Waals surface area contributed by atoms with Crippen molar-refractivity contribution in [1.29, 1.82) is 0 Å². The highest BCUT2D eigenvalue weighted by Gasteiger charge is 2.39. The van der Waals surface area contributed by atoms with Gasteiger partial charge in [-0.3, -0.25) is 9.69 Å². The first-order valence-electron chi connectivity index (χ1n) is 12.4. The van der Waals surface area contributed by atoms with Crippen molar-refractivity contribution in [3.05, 3.63) is 120 Å². The number of carbonyl (C=O) groups is 2. The van der Waals surface area contributed by atoms with Gasteiger partial charge in [-0.05, 0) is 48.2 Å². The molecule has 4 aromatic rings. The normalized spacial score (nSPS) is 16.1. The highest BCUT2D eigenvalue weighted by molar-refractivity contribution is 6.00. The second-order valence-corrected chi connectivity index (χ2v) is 9.37. The van der Waals surface area contributed by atoms with Crippen LogP contribution in [-0.4, -0.2) is 34.0 Å². The third kappa shape index (κ3) is 4.15. The van der Waals surface area contributed by atoms with Crippen LogP contribution in [-0.2, 0) is 11.3 Å². The van der Waals surface area contributed by atoms with Crippen LogP contribution < -0.4 is 10.2 Å². The lowest BCUT2D eigenvalue weighted by atomic mass is 9.97. The average Bonchev–Trinajstić information content (AvgIpc) is 3.65. The van der Waals surface area contributed by atoms with Gasteiger partial charge >= 0.3 is 6.03 Å². The van der Waals surface area contributed by atoms with Crippen molar-refractivity contribution in [2.24, 2.45) is 0 Å². The van der Waals surface area contributed by atoms with Gasteiger partial charge in [0.15, 0.2) is 0 Å². The fourth-order valence-corrected chi connectivity index (χ4v) is 5.06. The van der Waals surface area contributed by atoms with Gasteiger partial charge in [0, 0.05) is 18.8 Å². The smallest absolute Gasteiger partial charge is 0.318 e. The molecule has 0 radical (unpaired) electrons. The molecule has 1 N–H and O–H groups in total. The SMILES string of the molecule is O=C(NCc1ccccc1)N(CC(=O)N1c2ccccc2-n2cccc2C1c1ccccc1)C1CC1. The number of nitrogens with one attached hydrogen (secondary N) is 1. The van der Waals surface area contributed by atoms with Gasteiger partial charge in [0.05, 0.1) is 17.1 Å². The van der Waals surface area contributed by atoms with E-state index in [1.807, 2.05) is 90.0 Å². The molecule has 1 aliphatic heterocycles. The highest BCUT2D eigenvalue weighted by Crippen LogP contribution is 2.42. The van der Waals surface area contributed by atoms with Crippen molar-refractivity contribution in [3.63, 3.8) is 0 Å². The molecule has 1 unspecified atom stereocenters. The first kappa shape index (κ1) is 22.2. The van der Waals surface area contributed by atoms with Crippen LogP contribution >= 0.6 is 0 Å². The summed E-state index contributed by atoms with van der Waals surface area (Å²) in [4.78, 5) is 30.9. The molecule has 1 atom stereocenters. The number of fused-ring (bicyclic) bond motifs is 3. The standard InChI is InChI=1S/C30H28N4O2/c35-28(21-33(24-17-18-24)30(36)31-20-22-10-3-1-4-11-22)34-26-15-8-7-14-25(26)32-19-9-16-27(32)29(34)23-12-5-2-6-13-23/h1-16,19,24,29H,17-18,20-21H2,(H,31,36). The first-order chi connectivity index (χ1) is 17.7. The lowest BCUT2D eigenvalue weighted by Crippen LogP contribution is -2.49. The summed E-state index contributed by atoms with van der Waals surface area (Å²) in [7, 11) is 0. The fraction of sp³-hybridized carbons (Fsp3) is 0.200. The van der Waals surface area contributed by atoms with Crippen LogP contribution in [0.3, 0.4) is 0 Å². The number of anilines is 1. The number of amides is 3. The summed E-state index contributed by atoms with van der Waals surface area (Å²) in [6.45, 7) is 0.466. The number of benzene rings is 3. The number of aromatic nitrogens is 1. The Balaban J connectivity index is 1.31. The number of rotatable bonds is 6. The van der Waals surface area contributed by atoms with Crippen molar-refractivity contribution in [2.75, 3.05) is 11.4 Å². The highest BCUT2D eigenvalue weighted by atomic mass is 16.2. The van der Waals surface area contributed by atoms with E-state index in [9.17, 15) is 9.59 Å². The maximum atomic E-state index is 14.1. The molecule has 6 rings (SSSR count). The lowest BCUT2D eigenvalue weighted by molar-refractivity contribution is -0.119. The monoisotopic (exact) mass is 476 g/mol. The molecule has 1 aliphatic carbocycles. The minimum Gasteiger partial charge on any atom is -0.334 e. The van der Waals surface area contributed by atoms with Crippen molar-refractivity contribution in [3.8, 4) is 5.69 Å². The Labute approximate surface area is 210 Å². The second kappa shape index (κ2) is 9.38. The Hall–Kier alpha value is -4.32. The van der Waals surface area contributed by atoms with Crippen molar-refractivity contribution in [1.82, 2.24) is 14.8 Å². The van der Waals surface area contributed by atoms with Crippen LogP contribution in [0.15, 0.2) is 103 Å². The van der Waals surface area contributed by atoms with Gasteiger partial charge in [0.25, 0.3) is 0 Å². The second-order valence-electron chi connectivity index (χ2n) is 9.37. The summed E-state index contributed by atoms with van der Waals surface area (Å²) in [6, 6.07) is 31.6. The number of hydrogen-bond acceptors (Lipinski definition) is 2. The molecule has 36 heavy (non-hydrogen) atoms. The van der Waals surface area contributed by atoms with E-state index in [1.165, 1.54) is 0 Å². The largest absolute Gasteiger partial charge is 0.334 e. The summed E-state index contributed by atoms with van der Waals surface area (Å²) in [5, 5.41) is 3.01. The quantitative estimate of drug-likeness (QED) is 0.411. The van der Waals surface area contributed by atoms with Crippen LogP contribution in [0, 0.1) is 0 Å². The molecular weight excluding hydrogens is 448 g/mol. The zero-order valence-corrected chi connectivity index (χ0v) is 20.0. The third-order valence-electron chi connectivity index (χ3n) is 6.94. The molecule has 1 aromatic heterocycles. The van der Waals surface area contributed by atoms with E-state index < -0.39 is 0 Å². The van der Waals surface area contributed by atoms with Crippen LogP contribution in [0.2, 0.25) is 0 Å². The van der Waals surface area contributed by atoms with Gasteiger partial charge < -0.3 is 14.8 Å². The maximum absolute atomic E-state index is 14.1. The Morgan fingerprint density at radius 3 is 2.19 bits per heavy atom. The predicted molar refractivity (Wildman–Crippen MR) is 140 cm³/mol. The minimum atomic E-state index is -0.281. The molecule has 1 saturated carbocycles. The van der Waals surface area contributed by atoms with Crippen LogP contribution in [0.25, 0.3) is 5.69 Å². The average molecular weight is 477 g/mol. The summed E-state index contributed by atoms with van der Waals surface area (Å²) < 4.78 is 2.15.